The normalized spacial score (nSPS) is 11.2. The van der Waals surface area contributed by atoms with E-state index >= 15 is 0 Å². The van der Waals surface area contributed by atoms with Gasteiger partial charge in [0.25, 0.3) is 5.91 Å². The van der Waals surface area contributed by atoms with Gasteiger partial charge in [0.15, 0.2) is 11.6 Å². The van der Waals surface area contributed by atoms with E-state index in [9.17, 15) is 22.0 Å². The van der Waals surface area contributed by atoms with E-state index in [0.29, 0.717) is 4.31 Å². The van der Waals surface area contributed by atoms with Gasteiger partial charge in [0, 0.05) is 6.54 Å². The predicted molar refractivity (Wildman–Crippen MR) is 92.3 cm³/mol. The maximum absolute atomic E-state index is 13.9. The second-order valence-electron chi connectivity index (χ2n) is 5.14. The molecule has 9 heteroatoms. The highest BCUT2D eigenvalue weighted by Crippen LogP contribution is 2.25. The van der Waals surface area contributed by atoms with Crippen LogP contribution in [0.3, 0.4) is 0 Å². The molecule has 2 rings (SSSR count). The molecule has 0 saturated heterocycles. The molecule has 2 aromatic rings. The van der Waals surface area contributed by atoms with E-state index in [4.69, 9.17) is 11.6 Å². The minimum atomic E-state index is -3.96. The largest absolute Gasteiger partial charge is 0.350 e. The molecular weight excluding hydrogens is 374 g/mol. The van der Waals surface area contributed by atoms with Crippen molar-refractivity contribution in [3.8, 4) is 0 Å². The molecule has 0 heterocycles. The molecule has 0 aliphatic heterocycles. The van der Waals surface area contributed by atoms with E-state index in [0.717, 1.165) is 24.5 Å². The number of halogens is 3. The first-order chi connectivity index (χ1) is 11.7. The van der Waals surface area contributed by atoms with Gasteiger partial charge in [0.05, 0.1) is 23.4 Å². The van der Waals surface area contributed by atoms with Crippen molar-refractivity contribution >= 4 is 33.2 Å². The number of sulfonamides is 1. The minimum absolute atomic E-state index is 0.162. The highest BCUT2D eigenvalue weighted by atomic mass is 35.5. The minimum Gasteiger partial charge on any atom is -0.350 e. The topological polar surface area (TPSA) is 66.5 Å². The first-order valence-electron chi connectivity index (χ1n) is 7.16. The number of nitrogens with one attached hydrogen (secondary N) is 1. The van der Waals surface area contributed by atoms with Gasteiger partial charge in [-0.1, -0.05) is 29.8 Å². The number of hydrogen-bond donors (Lipinski definition) is 1. The van der Waals surface area contributed by atoms with E-state index in [1.165, 1.54) is 12.1 Å². The molecule has 0 aliphatic carbocycles. The number of benzene rings is 2. The average Bonchev–Trinajstić information content (AvgIpc) is 2.52. The summed E-state index contributed by atoms with van der Waals surface area (Å²) < 4.78 is 52.1. The second kappa shape index (κ2) is 7.79. The molecule has 134 valence electrons. The lowest BCUT2D eigenvalue weighted by Gasteiger charge is -2.23. The first-order valence-corrected chi connectivity index (χ1v) is 9.39. The third-order valence-corrected chi connectivity index (χ3v) is 4.80. The first kappa shape index (κ1) is 19.1. The van der Waals surface area contributed by atoms with Crippen molar-refractivity contribution in [2.45, 2.75) is 0 Å². The number of rotatable bonds is 6. The van der Waals surface area contributed by atoms with Crippen molar-refractivity contribution in [1.82, 2.24) is 5.32 Å². The van der Waals surface area contributed by atoms with Crippen LogP contribution in [-0.4, -0.2) is 33.7 Å². The summed E-state index contributed by atoms with van der Waals surface area (Å²) in [4.78, 5) is 12.1. The number of anilines is 1. The Morgan fingerprint density at radius 3 is 2.28 bits per heavy atom. The summed E-state index contributed by atoms with van der Waals surface area (Å²) in [5.41, 5.74) is -0.468. The van der Waals surface area contributed by atoms with Crippen molar-refractivity contribution in [3.05, 3.63) is 64.7 Å². The third kappa shape index (κ3) is 4.67. The van der Waals surface area contributed by atoms with Gasteiger partial charge >= 0.3 is 0 Å². The van der Waals surface area contributed by atoms with Crippen LogP contribution in [0, 0.1) is 11.6 Å². The Bertz CT molecular complexity index is 870. The molecule has 0 fully saturated rings. The van der Waals surface area contributed by atoms with Gasteiger partial charge in [-0.3, -0.25) is 9.10 Å². The molecule has 0 spiro atoms. The van der Waals surface area contributed by atoms with Crippen molar-refractivity contribution < 1.29 is 22.0 Å². The average molecular weight is 389 g/mol. The van der Waals surface area contributed by atoms with Gasteiger partial charge in [0.1, 0.15) is 5.69 Å². The fraction of sp³-hybridized carbons (Fsp3) is 0.188. The monoisotopic (exact) mass is 388 g/mol. The van der Waals surface area contributed by atoms with Crippen LogP contribution in [0.5, 0.6) is 0 Å². The molecule has 5 nitrogen and oxygen atoms in total. The van der Waals surface area contributed by atoms with E-state index in [-0.39, 0.29) is 23.7 Å². The maximum Gasteiger partial charge on any atom is 0.252 e. The van der Waals surface area contributed by atoms with Crippen LogP contribution in [-0.2, 0) is 10.0 Å². The van der Waals surface area contributed by atoms with E-state index in [1.807, 2.05) is 0 Å². The zero-order valence-electron chi connectivity index (χ0n) is 13.2. The van der Waals surface area contributed by atoms with Crippen molar-refractivity contribution in [2.75, 3.05) is 23.7 Å². The molecule has 0 atom stereocenters. The molecule has 0 radical (unpaired) electrons. The summed E-state index contributed by atoms with van der Waals surface area (Å²) in [5.74, 6) is -2.54. The number of amides is 1. The van der Waals surface area contributed by atoms with Crippen LogP contribution < -0.4 is 9.62 Å². The molecule has 1 N–H and O–H groups in total. The predicted octanol–water partition coefficient (Wildman–Crippen LogP) is 2.81. The molecule has 1 amide bonds. The van der Waals surface area contributed by atoms with E-state index < -0.39 is 33.3 Å². The van der Waals surface area contributed by atoms with Crippen LogP contribution in [0.25, 0.3) is 0 Å². The zero-order chi connectivity index (χ0) is 18.6. The Morgan fingerprint density at radius 2 is 1.72 bits per heavy atom. The summed E-state index contributed by atoms with van der Waals surface area (Å²) in [6.45, 7) is -0.502. The van der Waals surface area contributed by atoms with E-state index in [1.54, 1.807) is 12.1 Å². The molecule has 0 saturated carbocycles. The van der Waals surface area contributed by atoms with Crippen LogP contribution in [0.4, 0.5) is 14.5 Å². The molecule has 0 bridgehead atoms. The molecule has 0 unspecified atom stereocenters. The standard InChI is InChI=1S/C16H15ClF2N2O3S/c1-25(23,24)21(15-13(18)7-4-8-14(15)19)10-9-20-16(22)11-5-2-3-6-12(11)17/h2-8H,9-10H2,1H3,(H,20,22). The van der Waals surface area contributed by atoms with Crippen LogP contribution in [0.15, 0.2) is 42.5 Å². The quantitative estimate of drug-likeness (QED) is 0.827. The van der Waals surface area contributed by atoms with Crippen LogP contribution >= 0.6 is 11.6 Å². The highest BCUT2D eigenvalue weighted by Gasteiger charge is 2.24. The molecule has 25 heavy (non-hydrogen) atoms. The summed E-state index contributed by atoms with van der Waals surface area (Å²) in [6.07, 6.45) is 0.828. The van der Waals surface area contributed by atoms with Crippen molar-refractivity contribution in [3.63, 3.8) is 0 Å². The smallest absolute Gasteiger partial charge is 0.252 e. The number of carbonyl (C=O) groups is 1. The van der Waals surface area contributed by atoms with E-state index in [2.05, 4.69) is 5.32 Å². The Morgan fingerprint density at radius 1 is 1.12 bits per heavy atom. The lowest BCUT2D eigenvalue weighted by Crippen LogP contribution is -2.39. The van der Waals surface area contributed by atoms with Crippen molar-refractivity contribution in [1.29, 1.82) is 0 Å². The Labute approximate surface area is 149 Å². The molecule has 0 aromatic heterocycles. The fourth-order valence-corrected chi connectivity index (χ4v) is 3.33. The Hall–Kier alpha value is -2.19. The zero-order valence-corrected chi connectivity index (χ0v) is 14.7. The van der Waals surface area contributed by atoms with Crippen LogP contribution in [0.2, 0.25) is 5.02 Å². The van der Waals surface area contributed by atoms with Gasteiger partial charge in [-0.25, -0.2) is 17.2 Å². The third-order valence-electron chi connectivity index (χ3n) is 3.31. The Kier molecular flexibility index (Phi) is 5.97. The molecule has 2 aromatic carbocycles. The summed E-state index contributed by atoms with van der Waals surface area (Å²) >= 11 is 5.90. The SMILES string of the molecule is CS(=O)(=O)N(CCNC(=O)c1ccccc1Cl)c1c(F)cccc1F. The fourth-order valence-electron chi connectivity index (χ4n) is 2.18. The summed E-state index contributed by atoms with van der Waals surface area (Å²) in [7, 11) is -3.96. The summed E-state index contributed by atoms with van der Waals surface area (Å²) in [6, 6.07) is 9.37. The molecule has 0 aliphatic rings. The number of para-hydroxylation sites is 1. The number of nitrogens with zero attached hydrogens (tertiary/aromatic N) is 1. The lowest BCUT2D eigenvalue weighted by atomic mass is 10.2. The maximum atomic E-state index is 13.9. The van der Waals surface area contributed by atoms with Gasteiger partial charge in [-0.15, -0.1) is 0 Å². The highest BCUT2D eigenvalue weighted by molar-refractivity contribution is 7.92. The van der Waals surface area contributed by atoms with Crippen molar-refractivity contribution in [2.24, 2.45) is 0 Å². The lowest BCUT2D eigenvalue weighted by molar-refractivity contribution is 0.0955. The number of carbonyl (C=O) groups excluding carboxylic acids is 1. The molecular formula is C16H15ClF2N2O3S. The van der Waals surface area contributed by atoms with Gasteiger partial charge in [0.2, 0.25) is 10.0 Å². The van der Waals surface area contributed by atoms with Gasteiger partial charge in [-0.2, -0.15) is 0 Å². The number of hydrogen-bond acceptors (Lipinski definition) is 3. The Balaban J connectivity index is 2.15. The van der Waals surface area contributed by atoms with Gasteiger partial charge < -0.3 is 5.32 Å². The van der Waals surface area contributed by atoms with Crippen LogP contribution in [0.1, 0.15) is 10.4 Å². The van der Waals surface area contributed by atoms with Gasteiger partial charge in [-0.05, 0) is 24.3 Å². The second-order valence-corrected chi connectivity index (χ2v) is 7.46. The summed E-state index contributed by atoms with van der Waals surface area (Å²) in [5, 5.41) is 2.71.